The first-order valence-corrected chi connectivity index (χ1v) is 17.7. The maximum atomic E-state index is 13.2. The van der Waals surface area contributed by atoms with Gasteiger partial charge in [0, 0.05) is 55.1 Å². The van der Waals surface area contributed by atoms with Gasteiger partial charge in [-0.15, -0.1) is 0 Å². The summed E-state index contributed by atoms with van der Waals surface area (Å²) in [6.45, 7) is 5.87. The Labute approximate surface area is 301 Å². The van der Waals surface area contributed by atoms with Crippen molar-refractivity contribution in [2.75, 3.05) is 25.5 Å². The summed E-state index contributed by atoms with van der Waals surface area (Å²) < 4.78 is 8.19. The highest BCUT2D eigenvalue weighted by molar-refractivity contribution is 6.36. The molecule has 2 aliphatic heterocycles. The van der Waals surface area contributed by atoms with Crippen LogP contribution in [0.5, 0.6) is 5.88 Å². The van der Waals surface area contributed by atoms with E-state index in [1.807, 2.05) is 50.2 Å². The lowest BCUT2D eigenvalue weighted by Crippen LogP contribution is -2.43. The molecule has 0 saturated carbocycles. The number of carbonyl (C=O) groups excluding carboxylic acids is 1. The molecule has 5 heterocycles. The van der Waals surface area contributed by atoms with Crippen molar-refractivity contribution >= 4 is 39.9 Å². The number of pyridine rings is 2. The molecule has 3 N–H and O–H groups in total. The third kappa shape index (κ3) is 6.29. The van der Waals surface area contributed by atoms with E-state index < -0.39 is 5.56 Å². The summed E-state index contributed by atoms with van der Waals surface area (Å²) in [6, 6.07) is 15.7. The summed E-state index contributed by atoms with van der Waals surface area (Å²) in [5.74, 6) is 1.29. The number of halogens is 1. The zero-order chi connectivity index (χ0) is 36.0. The van der Waals surface area contributed by atoms with Gasteiger partial charge in [0.1, 0.15) is 11.2 Å². The maximum Gasteiger partial charge on any atom is 0.330 e. The third-order valence-electron chi connectivity index (χ3n) is 10.5. The number of ether oxygens (including phenoxy) is 1. The molecule has 51 heavy (non-hydrogen) atoms. The van der Waals surface area contributed by atoms with Gasteiger partial charge >= 0.3 is 5.69 Å². The Morgan fingerprint density at radius 2 is 1.69 bits per heavy atom. The van der Waals surface area contributed by atoms with Crippen LogP contribution in [-0.4, -0.2) is 50.7 Å². The number of hydrogen-bond donors (Lipinski definition) is 3. The van der Waals surface area contributed by atoms with Crippen LogP contribution in [0.4, 0.5) is 11.5 Å². The molecule has 0 radical (unpaired) electrons. The fourth-order valence-electron chi connectivity index (χ4n) is 7.62. The number of nitrogens with one attached hydrogen (secondary N) is 3. The van der Waals surface area contributed by atoms with Gasteiger partial charge in [0.2, 0.25) is 11.8 Å². The van der Waals surface area contributed by atoms with Crippen LogP contribution in [0.25, 0.3) is 33.3 Å². The number of fused-ring (bicyclic) bond motifs is 2. The molecule has 8 rings (SSSR count). The van der Waals surface area contributed by atoms with Gasteiger partial charge in [-0.1, -0.05) is 41.9 Å². The molecule has 1 unspecified atom stereocenters. The second kappa shape index (κ2) is 13.6. The number of aromatic nitrogens is 4. The van der Waals surface area contributed by atoms with Gasteiger partial charge < -0.3 is 20.7 Å². The van der Waals surface area contributed by atoms with Crippen LogP contribution in [0.15, 0.2) is 58.1 Å². The van der Waals surface area contributed by atoms with E-state index in [0.29, 0.717) is 33.3 Å². The van der Waals surface area contributed by atoms with Crippen molar-refractivity contribution in [3.8, 4) is 28.3 Å². The van der Waals surface area contributed by atoms with Crippen LogP contribution in [0.3, 0.4) is 0 Å². The first kappa shape index (κ1) is 34.4. The molecule has 2 fully saturated rings. The van der Waals surface area contributed by atoms with Crippen LogP contribution < -0.4 is 31.9 Å². The van der Waals surface area contributed by atoms with Gasteiger partial charge in [0.15, 0.2) is 0 Å². The summed E-state index contributed by atoms with van der Waals surface area (Å²) >= 11 is 7.09. The lowest BCUT2D eigenvalue weighted by Gasteiger charge is -2.20. The van der Waals surface area contributed by atoms with E-state index in [1.54, 1.807) is 20.2 Å². The molecule has 3 aromatic heterocycles. The number of carbonyl (C=O) groups is 1. The number of aryl methyl sites for hydroxylation is 3. The monoisotopic (exact) mass is 707 g/mol. The SMILES string of the molecule is COc1nc(-c2cccc(-c3cccc(Nc4nc(C)cc5c4c(=O)n(C)c(=O)n5C)c3C)c2Cl)cc2c1CCC2.O=C1CCC2(CCNC2)N1. The molecular formula is C39H42ClN7O4. The molecule has 1 aliphatic carbocycles. The van der Waals surface area contributed by atoms with E-state index in [2.05, 4.69) is 27.0 Å². The second-order valence-electron chi connectivity index (χ2n) is 13.7. The number of anilines is 2. The number of methoxy groups -OCH3 is 1. The second-order valence-corrected chi connectivity index (χ2v) is 14.1. The van der Waals surface area contributed by atoms with E-state index in [1.165, 1.54) is 22.7 Å². The van der Waals surface area contributed by atoms with Gasteiger partial charge in [-0.3, -0.25) is 18.7 Å². The van der Waals surface area contributed by atoms with Crippen molar-refractivity contribution in [3.63, 3.8) is 0 Å². The Bertz CT molecular complexity index is 2320. The number of hydrogen-bond acceptors (Lipinski definition) is 8. The molecule has 2 saturated heterocycles. The van der Waals surface area contributed by atoms with Crippen LogP contribution in [0.1, 0.15) is 48.1 Å². The molecule has 5 aromatic rings. The molecule has 264 valence electrons. The van der Waals surface area contributed by atoms with Gasteiger partial charge in [-0.05, 0) is 87.4 Å². The third-order valence-corrected chi connectivity index (χ3v) is 10.9. The molecule has 11 nitrogen and oxygen atoms in total. The van der Waals surface area contributed by atoms with Crippen molar-refractivity contribution in [2.45, 2.75) is 57.9 Å². The van der Waals surface area contributed by atoms with Crippen molar-refractivity contribution in [3.05, 3.63) is 96.8 Å². The Morgan fingerprint density at radius 3 is 2.41 bits per heavy atom. The van der Waals surface area contributed by atoms with E-state index >= 15 is 0 Å². The van der Waals surface area contributed by atoms with Crippen LogP contribution in [0, 0.1) is 13.8 Å². The number of nitrogens with zero attached hydrogens (tertiary/aromatic N) is 4. The number of benzene rings is 2. The minimum absolute atomic E-state index is 0.150. The zero-order valence-corrected chi connectivity index (χ0v) is 30.3. The normalized spacial score (nSPS) is 17.7. The summed E-state index contributed by atoms with van der Waals surface area (Å²) in [7, 11) is 4.78. The number of rotatable bonds is 5. The van der Waals surface area contributed by atoms with Gasteiger partial charge in [0.25, 0.3) is 5.56 Å². The minimum atomic E-state index is -0.403. The van der Waals surface area contributed by atoms with Gasteiger partial charge in [-0.25, -0.2) is 14.8 Å². The Hall–Kier alpha value is -5.00. The lowest BCUT2D eigenvalue weighted by atomic mass is 9.96. The molecule has 12 heteroatoms. The van der Waals surface area contributed by atoms with E-state index in [9.17, 15) is 14.4 Å². The van der Waals surface area contributed by atoms with Crippen LogP contribution in [-0.2, 0) is 31.7 Å². The van der Waals surface area contributed by atoms with Crippen molar-refractivity contribution < 1.29 is 9.53 Å². The Morgan fingerprint density at radius 1 is 0.922 bits per heavy atom. The molecule has 0 bridgehead atoms. The van der Waals surface area contributed by atoms with Gasteiger partial charge in [0.05, 0.1) is 28.9 Å². The fourth-order valence-corrected chi connectivity index (χ4v) is 7.95. The summed E-state index contributed by atoms with van der Waals surface area (Å²) in [4.78, 5) is 46.0. The number of amides is 1. The average molecular weight is 708 g/mol. The van der Waals surface area contributed by atoms with Gasteiger partial charge in [-0.2, -0.15) is 0 Å². The average Bonchev–Trinajstić information content (AvgIpc) is 3.88. The van der Waals surface area contributed by atoms with E-state index in [4.69, 9.17) is 21.3 Å². The first-order chi connectivity index (χ1) is 24.5. The molecule has 2 aromatic carbocycles. The van der Waals surface area contributed by atoms with E-state index in [0.717, 1.165) is 89.8 Å². The minimum Gasteiger partial charge on any atom is -0.481 e. The highest BCUT2D eigenvalue weighted by Gasteiger charge is 2.39. The zero-order valence-electron chi connectivity index (χ0n) is 29.6. The largest absolute Gasteiger partial charge is 0.481 e. The Balaban J connectivity index is 0.000000347. The maximum absolute atomic E-state index is 13.2. The highest BCUT2D eigenvalue weighted by atomic mass is 35.5. The van der Waals surface area contributed by atoms with Crippen molar-refractivity contribution in [1.29, 1.82) is 0 Å². The molecule has 1 amide bonds. The summed E-state index contributed by atoms with van der Waals surface area (Å²) in [5.41, 5.74) is 8.16. The fraction of sp³-hybridized carbons (Fsp3) is 0.359. The quantitative estimate of drug-likeness (QED) is 0.218. The molecule has 3 aliphatic rings. The standard InChI is InChI=1S/C32H30ClN5O3.C7H12N2O/c1-17-15-26-27(31(39)38(4)32(40)37(26)3)29(34-17)35-24-14-8-10-20(18(24)2)22-12-7-13-23(28(22)33)25-16-19-9-6-11-21(19)30(36-25)41-5;10-6-1-2-7(9-6)3-4-8-5-7/h7-8,10,12-16H,6,9,11H2,1-5H3,(H,34,35);8H,1-5H2,(H,9,10). The first-order valence-electron chi connectivity index (χ1n) is 17.3. The van der Waals surface area contributed by atoms with E-state index in [-0.39, 0.29) is 17.1 Å². The van der Waals surface area contributed by atoms with Crippen molar-refractivity contribution in [1.82, 2.24) is 29.7 Å². The van der Waals surface area contributed by atoms with Crippen LogP contribution >= 0.6 is 11.6 Å². The predicted molar refractivity (Wildman–Crippen MR) is 201 cm³/mol. The lowest BCUT2D eigenvalue weighted by molar-refractivity contribution is -0.119. The smallest absolute Gasteiger partial charge is 0.330 e. The van der Waals surface area contributed by atoms with Crippen LogP contribution in [0.2, 0.25) is 5.02 Å². The molecule has 1 atom stereocenters. The summed E-state index contributed by atoms with van der Waals surface area (Å²) in [5, 5.41) is 10.6. The topological polar surface area (TPSA) is 132 Å². The predicted octanol–water partition coefficient (Wildman–Crippen LogP) is 5.50. The molecule has 1 spiro atoms. The Kier molecular flexibility index (Phi) is 9.19. The molecular weight excluding hydrogens is 666 g/mol. The summed E-state index contributed by atoms with van der Waals surface area (Å²) in [6.07, 6.45) is 5.94. The highest BCUT2D eigenvalue weighted by Crippen LogP contribution is 2.41. The van der Waals surface area contributed by atoms with Crippen molar-refractivity contribution in [2.24, 2.45) is 14.1 Å².